The molecule has 4 nitrogen and oxygen atoms in total. The summed E-state index contributed by atoms with van der Waals surface area (Å²) in [6.45, 7) is 9.57. The average molecular weight is 264 g/mol. The molecule has 1 aliphatic heterocycles. The van der Waals surface area contributed by atoms with Crippen LogP contribution in [0.2, 0.25) is 0 Å². The average Bonchev–Trinajstić information content (AvgIpc) is 2.82. The van der Waals surface area contributed by atoms with E-state index in [1.165, 1.54) is 0 Å². The molecule has 1 aromatic heterocycles. The van der Waals surface area contributed by atoms with Gasteiger partial charge in [0.05, 0.1) is 23.3 Å². The third-order valence-corrected chi connectivity index (χ3v) is 4.02. The van der Waals surface area contributed by atoms with Gasteiger partial charge in [-0.3, -0.25) is 0 Å². The van der Waals surface area contributed by atoms with Crippen molar-refractivity contribution in [3.63, 3.8) is 0 Å². The van der Waals surface area contributed by atoms with Crippen molar-refractivity contribution in [1.29, 1.82) is 0 Å². The molecule has 1 saturated heterocycles. The summed E-state index contributed by atoms with van der Waals surface area (Å²) in [6, 6.07) is 3.67. The highest BCUT2D eigenvalue weighted by Gasteiger charge is 2.54. The molecule has 2 heterocycles. The van der Waals surface area contributed by atoms with Gasteiger partial charge in [0.1, 0.15) is 11.5 Å². The van der Waals surface area contributed by atoms with Crippen LogP contribution in [0.3, 0.4) is 0 Å². The van der Waals surface area contributed by atoms with Crippen LogP contribution in [0.4, 0.5) is 0 Å². The van der Waals surface area contributed by atoms with E-state index in [4.69, 9.17) is 13.7 Å². The third-order valence-electron chi connectivity index (χ3n) is 4.02. The minimum absolute atomic E-state index is 0.0936. The number of hydrogen-bond donors (Lipinski definition) is 0. The van der Waals surface area contributed by atoms with Crippen LogP contribution in [0.15, 0.2) is 22.8 Å². The fraction of sp³-hybridized carbons (Fsp3) is 0.643. The summed E-state index contributed by atoms with van der Waals surface area (Å²) in [4.78, 5) is 11.5. The Hall–Kier alpha value is -1.07. The molecular weight excluding hydrogens is 243 g/mol. The van der Waals surface area contributed by atoms with Gasteiger partial charge in [0.2, 0.25) is 0 Å². The Morgan fingerprint density at radius 2 is 1.84 bits per heavy atom. The largest absolute Gasteiger partial charge is 0.470 e. The molecule has 19 heavy (non-hydrogen) atoms. The molecule has 0 unspecified atom stereocenters. The number of carbonyl (C=O) groups is 1. The minimum Gasteiger partial charge on any atom is -0.470 e. The van der Waals surface area contributed by atoms with Gasteiger partial charge in [-0.1, -0.05) is 0 Å². The van der Waals surface area contributed by atoms with E-state index in [9.17, 15) is 4.79 Å². The molecule has 0 aliphatic carbocycles. The van der Waals surface area contributed by atoms with Crippen molar-refractivity contribution in [2.24, 2.45) is 0 Å². The molecule has 0 bridgehead atoms. The summed E-state index contributed by atoms with van der Waals surface area (Å²) in [6.07, 6.45) is 1.96. The number of rotatable bonds is 4. The molecule has 1 aliphatic rings. The minimum atomic E-state index is -0.458. The van der Waals surface area contributed by atoms with Crippen molar-refractivity contribution in [3.8, 4) is 0 Å². The first-order valence-electron chi connectivity index (χ1n) is 6.61. The second-order valence-electron chi connectivity index (χ2n) is 6.15. The Morgan fingerprint density at radius 1 is 1.26 bits per heavy atom. The van der Waals surface area contributed by atoms with Crippen LogP contribution in [-0.4, -0.2) is 24.1 Å². The van der Waals surface area contributed by atoms with Gasteiger partial charge in [0.15, 0.2) is 0 Å². The quantitative estimate of drug-likeness (QED) is 0.784. The molecule has 0 N–H and O–H groups in total. The normalized spacial score (nSPS) is 22.5. The Kier molecular flexibility index (Phi) is 3.62. The fourth-order valence-electron chi connectivity index (χ4n) is 2.20. The highest BCUT2D eigenvalue weighted by molar-refractivity contribution is 6.48. The van der Waals surface area contributed by atoms with Gasteiger partial charge in [0.25, 0.3) is 0 Å². The van der Waals surface area contributed by atoms with E-state index >= 15 is 0 Å². The van der Waals surface area contributed by atoms with Crippen LogP contribution < -0.4 is 0 Å². The molecule has 5 heteroatoms. The zero-order chi connectivity index (χ0) is 14.3. The Bertz CT molecular complexity index is 434. The number of Topliss-reactive ketones (excluding diaryl/α,β-unsaturated/α-hetero) is 1. The van der Waals surface area contributed by atoms with Crippen LogP contribution in [0.25, 0.3) is 0 Å². The summed E-state index contributed by atoms with van der Waals surface area (Å²) in [5.41, 5.74) is -0.807. The zero-order valence-electron chi connectivity index (χ0n) is 12.2. The SMILES string of the molecule is CC(=O)C[C@@H](B1OC(C)(C)C(C)(C)O1)c1ccco1. The Labute approximate surface area is 114 Å². The van der Waals surface area contributed by atoms with Crippen LogP contribution >= 0.6 is 0 Å². The van der Waals surface area contributed by atoms with Crippen LogP contribution in [0.5, 0.6) is 0 Å². The fourth-order valence-corrected chi connectivity index (χ4v) is 2.20. The topological polar surface area (TPSA) is 48.7 Å². The summed E-state index contributed by atoms with van der Waals surface area (Å²) in [5, 5.41) is 0. The number of carbonyl (C=O) groups excluding carboxylic acids is 1. The predicted octanol–water partition coefficient (Wildman–Crippen LogP) is 2.97. The molecule has 2 rings (SSSR count). The van der Waals surface area contributed by atoms with Crippen molar-refractivity contribution >= 4 is 12.9 Å². The maximum absolute atomic E-state index is 11.5. The van der Waals surface area contributed by atoms with E-state index in [1.807, 2.05) is 39.8 Å². The summed E-state index contributed by atoms with van der Waals surface area (Å²) >= 11 is 0. The van der Waals surface area contributed by atoms with Crippen molar-refractivity contribution in [1.82, 2.24) is 0 Å². The lowest BCUT2D eigenvalue weighted by Gasteiger charge is -2.32. The number of furan rings is 1. The van der Waals surface area contributed by atoms with E-state index < -0.39 is 18.3 Å². The first-order chi connectivity index (χ1) is 8.73. The summed E-state index contributed by atoms with van der Waals surface area (Å²) < 4.78 is 17.5. The predicted molar refractivity (Wildman–Crippen MR) is 72.8 cm³/mol. The van der Waals surface area contributed by atoms with Gasteiger partial charge in [-0.15, -0.1) is 0 Å². The van der Waals surface area contributed by atoms with E-state index in [0.717, 1.165) is 5.76 Å². The number of hydrogen-bond acceptors (Lipinski definition) is 4. The van der Waals surface area contributed by atoms with E-state index in [2.05, 4.69) is 0 Å². The smallest absolute Gasteiger partial charge is 0.469 e. The molecule has 1 aromatic rings. The molecule has 0 amide bonds. The molecular formula is C14H21BO4. The van der Waals surface area contributed by atoms with Gasteiger partial charge in [-0.25, -0.2) is 0 Å². The van der Waals surface area contributed by atoms with Gasteiger partial charge >= 0.3 is 7.12 Å². The standard InChI is InChI=1S/C14H21BO4/c1-10(16)9-11(12-7-6-8-17-12)15-18-13(2,3)14(4,5)19-15/h6-8,11H,9H2,1-5H3/t11-/m1/s1. The monoisotopic (exact) mass is 264 g/mol. The van der Waals surface area contributed by atoms with Crippen LogP contribution in [0, 0.1) is 0 Å². The lowest BCUT2D eigenvalue weighted by molar-refractivity contribution is -0.117. The number of ketones is 1. The van der Waals surface area contributed by atoms with Crippen molar-refractivity contribution in [2.45, 2.75) is 58.1 Å². The third kappa shape index (κ3) is 2.77. The molecule has 0 saturated carbocycles. The highest BCUT2D eigenvalue weighted by atomic mass is 16.7. The van der Waals surface area contributed by atoms with Crippen molar-refractivity contribution in [3.05, 3.63) is 24.2 Å². The van der Waals surface area contributed by atoms with Crippen LogP contribution in [0.1, 0.15) is 52.6 Å². The second kappa shape index (κ2) is 4.80. The van der Waals surface area contributed by atoms with Crippen molar-refractivity contribution < 1.29 is 18.5 Å². The zero-order valence-corrected chi connectivity index (χ0v) is 12.2. The maximum Gasteiger partial charge on any atom is 0.469 e. The van der Waals surface area contributed by atoms with E-state index in [0.29, 0.717) is 6.42 Å². The van der Waals surface area contributed by atoms with Gasteiger partial charge in [-0.05, 0) is 46.8 Å². The first-order valence-corrected chi connectivity index (χ1v) is 6.61. The lowest BCUT2D eigenvalue weighted by atomic mass is 9.68. The molecule has 0 radical (unpaired) electrons. The second-order valence-corrected chi connectivity index (χ2v) is 6.15. The molecule has 1 fully saturated rings. The lowest BCUT2D eigenvalue weighted by Crippen LogP contribution is -2.41. The van der Waals surface area contributed by atoms with Gasteiger partial charge in [-0.2, -0.15) is 0 Å². The molecule has 1 atom stereocenters. The molecule has 104 valence electrons. The molecule has 0 aromatic carbocycles. The van der Waals surface area contributed by atoms with Gasteiger partial charge < -0.3 is 18.5 Å². The maximum atomic E-state index is 11.5. The van der Waals surface area contributed by atoms with Crippen molar-refractivity contribution in [2.75, 3.05) is 0 Å². The van der Waals surface area contributed by atoms with E-state index in [1.54, 1.807) is 13.2 Å². The Balaban J connectivity index is 2.24. The summed E-state index contributed by atoms with van der Waals surface area (Å²) in [7, 11) is -0.458. The summed E-state index contributed by atoms with van der Waals surface area (Å²) in [5.74, 6) is 0.623. The first kappa shape index (κ1) is 14.3. The van der Waals surface area contributed by atoms with Gasteiger partial charge in [0, 0.05) is 6.42 Å². The highest BCUT2D eigenvalue weighted by Crippen LogP contribution is 2.41. The Morgan fingerprint density at radius 3 is 2.26 bits per heavy atom. The molecule has 0 spiro atoms. The van der Waals surface area contributed by atoms with E-state index in [-0.39, 0.29) is 11.6 Å². The van der Waals surface area contributed by atoms with Crippen LogP contribution in [-0.2, 0) is 14.1 Å².